The van der Waals surface area contributed by atoms with E-state index in [1.54, 1.807) is 15.9 Å². The summed E-state index contributed by atoms with van der Waals surface area (Å²) in [5.74, 6) is -2.75. The zero-order chi connectivity index (χ0) is 31.4. The Morgan fingerprint density at radius 1 is 1.12 bits per heavy atom. The lowest BCUT2D eigenvalue weighted by Gasteiger charge is -2.37. The topological polar surface area (TPSA) is 99.6 Å². The molecule has 1 spiro atoms. The molecule has 3 aliphatic rings. The molecule has 3 fully saturated rings. The van der Waals surface area contributed by atoms with Crippen molar-refractivity contribution in [3.05, 3.63) is 49.6 Å². The van der Waals surface area contributed by atoms with Crippen molar-refractivity contribution in [2.75, 3.05) is 49.2 Å². The molecular weight excluding hydrogens is 546 g/mol. The van der Waals surface area contributed by atoms with Gasteiger partial charge in [0.25, 0.3) is 5.91 Å². The van der Waals surface area contributed by atoms with Crippen molar-refractivity contribution < 1.29 is 29.0 Å². The van der Waals surface area contributed by atoms with Crippen LogP contribution < -0.4 is 9.80 Å². The van der Waals surface area contributed by atoms with Gasteiger partial charge in [0.15, 0.2) is 0 Å². The number of likely N-dealkylation sites (tertiary alicyclic amines) is 1. The van der Waals surface area contributed by atoms with Gasteiger partial charge in [-0.05, 0) is 83.1 Å². The SMILES string of the molecule is C=CCCCCOC(=O)[C@@H]1[C@H]2C(=O)N(CCCO)C(C(=O)N(CC=C)c3ccc(N(CC)CC)cc3)C23CC(C)[C@@]1(C)O3. The Labute approximate surface area is 256 Å². The van der Waals surface area contributed by atoms with Gasteiger partial charge in [0.2, 0.25) is 5.91 Å². The number of rotatable bonds is 16. The number of unbranched alkanes of at least 4 members (excludes halogenated alkanes) is 2. The van der Waals surface area contributed by atoms with E-state index >= 15 is 0 Å². The molecule has 43 heavy (non-hydrogen) atoms. The molecule has 3 heterocycles. The minimum atomic E-state index is -1.18. The number of aliphatic hydroxyl groups is 1. The standard InChI is InChI=1S/C34H49N3O6/c1-7-11-12-13-22-42-32(41)28-27-30(39)37(20-14-21-38)29(34(27)23-24(5)33(28,6)43-34)31(40)36(19-8-2)26-17-15-25(16-18-26)35(9-3)10-4/h7-8,15-18,24,27-29,38H,1-2,9-14,19-23H2,3-6H3/t24?,27-,28-,29?,33+,34?/m0/s1. The lowest BCUT2D eigenvalue weighted by atomic mass is 9.62. The van der Waals surface area contributed by atoms with Gasteiger partial charge in [0, 0.05) is 44.2 Å². The summed E-state index contributed by atoms with van der Waals surface area (Å²) in [5.41, 5.74) is -0.360. The third kappa shape index (κ3) is 5.74. The Morgan fingerprint density at radius 2 is 1.79 bits per heavy atom. The molecule has 0 saturated carbocycles. The van der Waals surface area contributed by atoms with Crippen LogP contribution in [0.5, 0.6) is 0 Å². The predicted molar refractivity (Wildman–Crippen MR) is 168 cm³/mol. The predicted octanol–water partition coefficient (Wildman–Crippen LogP) is 4.34. The number of esters is 1. The molecule has 0 radical (unpaired) electrons. The van der Waals surface area contributed by atoms with E-state index < -0.39 is 35.0 Å². The molecule has 3 saturated heterocycles. The molecule has 6 atom stereocenters. The van der Waals surface area contributed by atoms with Gasteiger partial charge in [-0.2, -0.15) is 0 Å². The molecule has 0 aliphatic carbocycles. The number of benzene rings is 1. The Hall–Kier alpha value is -3.17. The second-order valence-electron chi connectivity index (χ2n) is 12.2. The summed E-state index contributed by atoms with van der Waals surface area (Å²) in [5, 5.41) is 9.67. The summed E-state index contributed by atoms with van der Waals surface area (Å²) in [6.45, 7) is 18.0. The number of fused-ring (bicyclic) bond motifs is 1. The molecule has 2 amide bonds. The van der Waals surface area contributed by atoms with Crippen molar-refractivity contribution in [2.45, 2.75) is 77.0 Å². The number of hydrogen-bond acceptors (Lipinski definition) is 7. The van der Waals surface area contributed by atoms with Gasteiger partial charge in [-0.15, -0.1) is 13.2 Å². The summed E-state index contributed by atoms with van der Waals surface area (Å²) in [6.07, 6.45) is 6.69. The highest BCUT2D eigenvalue weighted by Gasteiger charge is 2.80. The summed E-state index contributed by atoms with van der Waals surface area (Å²) < 4.78 is 12.5. The fraction of sp³-hybridized carbons (Fsp3) is 0.618. The maximum Gasteiger partial charge on any atom is 0.312 e. The number of allylic oxidation sites excluding steroid dienone is 1. The highest BCUT2D eigenvalue weighted by molar-refractivity contribution is 6.05. The lowest BCUT2D eigenvalue weighted by Crippen LogP contribution is -2.57. The normalized spacial score (nSPS) is 29.0. The third-order valence-corrected chi connectivity index (χ3v) is 9.77. The van der Waals surface area contributed by atoms with Gasteiger partial charge < -0.3 is 29.3 Å². The van der Waals surface area contributed by atoms with Gasteiger partial charge in [-0.25, -0.2) is 0 Å². The molecule has 3 unspecified atom stereocenters. The maximum absolute atomic E-state index is 14.7. The average Bonchev–Trinajstić information content (AvgIpc) is 3.51. The van der Waals surface area contributed by atoms with Gasteiger partial charge in [0.1, 0.15) is 17.6 Å². The second kappa shape index (κ2) is 13.6. The van der Waals surface area contributed by atoms with E-state index in [4.69, 9.17) is 9.47 Å². The molecule has 4 rings (SSSR count). The van der Waals surface area contributed by atoms with E-state index in [9.17, 15) is 19.5 Å². The largest absolute Gasteiger partial charge is 0.465 e. The zero-order valence-corrected chi connectivity index (χ0v) is 26.3. The van der Waals surface area contributed by atoms with Crippen LogP contribution in [0.25, 0.3) is 0 Å². The summed E-state index contributed by atoms with van der Waals surface area (Å²) >= 11 is 0. The van der Waals surface area contributed by atoms with E-state index in [-0.39, 0.29) is 44.0 Å². The van der Waals surface area contributed by atoms with Crippen LogP contribution in [0, 0.1) is 17.8 Å². The maximum atomic E-state index is 14.7. The summed E-state index contributed by atoms with van der Waals surface area (Å²) in [7, 11) is 0. The monoisotopic (exact) mass is 595 g/mol. The number of hydrogen-bond donors (Lipinski definition) is 1. The van der Waals surface area contributed by atoms with Crippen molar-refractivity contribution in [3.8, 4) is 0 Å². The molecular formula is C34H49N3O6. The summed E-state index contributed by atoms with van der Waals surface area (Å²) in [6, 6.07) is 6.88. The Balaban J connectivity index is 1.70. The van der Waals surface area contributed by atoms with Crippen LogP contribution in [0.3, 0.4) is 0 Å². The van der Waals surface area contributed by atoms with Crippen molar-refractivity contribution in [1.82, 2.24) is 4.90 Å². The molecule has 1 aromatic carbocycles. The van der Waals surface area contributed by atoms with Crippen LogP contribution in [-0.2, 0) is 23.9 Å². The van der Waals surface area contributed by atoms with Crippen LogP contribution in [-0.4, -0.2) is 84.4 Å². The fourth-order valence-electron chi connectivity index (χ4n) is 7.54. The van der Waals surface area contributed by atoms with E-state index in [0.717, 1.165) is 31.6 Å². The Bertz CT molecular complexity index is 1180. The second-order valence-corrected chi connectivity index (χ2v) is 12.2. The molecule has 236 valence electrons. The van der Waals surface area contributed by atoms with E-state index in [1.165, 1.54) is 0 Å². The van der Waals surface area contributed by atoms with Crippen LogP contribution in [0.4, 0.5) is 11.4 Å². The minimum Gasteiger partial charge on any atom is -0.465 e. The third-order valence-electron chi connectivity index (χ3n) is 9.77. The highest BCUT2D eigenvalue weighted by atomic mass is 16.6. The molecule has 2 bridgehead atoms. The number of carbonyl (C=O) groups is 3. The Kier molecular flexibility index (Phi) is 10.4. The first-order valence-electron chi connectivity index (χ1n) is 15.8. The van der Waals surface area contributed by atoms with Gasteiger partial charge in [-0.3, -0.25) is 14.4 Å². The molecule has 9 nitrogen and oxygen atoms in total. The fourth-order valence-corrected chi connectivity index (χ4v) is 7.54. The minimum absolute atomic E-state index is 0.0795. The van der Waals surface area contributed by atoms with Crippen molar-refractivity contribution in [2.24, 2.45) is 17.8 Å². The number of amides is 2. The first-order valence-corrected chi connectivity index (χ1v) is 15.8. The smallest absolute Gasteiger partial charge is 0.312 e. The highest BCUT2D eigenvalue weighted by Crippen LogP contribution is 2.65. The number of nitrogens with zero attached hydrogens (tertiary/aromatic N) is 3. The molecule has 9 heteroatoms. The Morgan fingerprint density at radius 3 is 2.40 bits per heavy atom. The molecule has 3 aliphatic heterocycles. The number of aliphatic hydroxyl groups excluding tert-OH is 1. The molecule has 1 aromatic rings. The number of ether oxygens (including phenoxy) is 2. The zero-order valence-electron chi connectivity index (χ0n) is 26.3. The van der Waals surface area contributed by atoms with E-state index in [2.05, 4.69) is 31.9 Å². The molecule has 1 N–H and O–H groups in total. The van der Waals surface area contributed by atoms with Crippen LogP contribution in [0.15, 0.2) is 49.6 Å². The number of carbonyl (C=O) groups excluding carboxylic acids is 3. The lowest BCUT2D eigenvalue weighted by molar-refractivity contribution is -0.161. The molecule has 0 aromatic heterocycles. The van der Waals surface area contributed by atoms with Crippen molar-refractivity contribution >= 4 is 29.2 Å². The average molecular weight is 596 g/mol. The van der Waals surface area contributed by atoms with Gasteiger partial charge in [-0.1, -0.05) is 19.1 Å². The number of anilines is 2. The van der Waals surface area contributed by atoms with Crippen LogP contribution in [0.1, 0.15) is 59.8 Å². The van der Waals surface area contributed by atoms with Crippen molar-refractivity contribution in [3.63, 3.8) is 0 Å². The van der Waals surface area contributed by atoms with E-state index in [0.29, 0.717) is 24.9 Å². The first kappa shape index (κ1) is 32.7. The van der Waals surface area contributed by atoms with Gasteiger partial charge >= 0.3 is 5.97 Å². The first-order chi connectivity index (χ1) is 20.6. The summed E-state index contributed by atoms with van der Waals surface area (Å²) in [4.78, 5) is 48.0. The van der Waals surface area contributed by atoms with Crippen LogP contribution in [0.2, 0.25) is 0 Å². The van der Waals surface area contributed by atoms with E-state index in [1.807, 2.05) is 44.2 Å². The van der Waals surface area contributed by atoms with Crippen LogP contribution >= 0.6 is 0 Å². The van der Waals surface area contributed by atoms with Gasteiger partial charge in [0.05, 0.1) is 18.1 Å². The quantitative estimate of drug-likeness (QED) is 0.172. The van der Waals surface area contributed by atoms with Crippen molar-refractivity contribution in [1.29, 1.82) is 0 Å².